The molecule has 0 unspecified atom stereocenters. The number of rotatable bonds is 4. The van der Waals surface area contributed by atoms with E-state index >= 15 is 0 Å². The molecule has 0 saturated carbocycles. The van der Waals surface area contributed by atoms with E-state index in [2.05, 4.69) is 46.9 Å². The Labute approximate surface area is 151 Å². The summed E-state index contributed by atoms with van der Waals surface area (Å²) < 4.78 is 1.87. The van der Waals surface area contributed by atoms with Gasteiger partial charge in [0.2, 0.25) is 0 Å². The molecule has 3 aromatic rings. The molecular formula is C18H17ClN4S. The van der Waals surface area contributed by atoms with Crippen molar-refractivity contribution in [2.75, 3.05) is 10.6 Å². The highest BCUT2D eigenvalue weighted by molar-refractivity contribution is 7.80. The second-order valence-electron chi connectivity index (χ2n) is 5.47. The van der Waals surface area contributed by atoms with Crippen LogP contribution in [0.25, 0.3) is 0 Å². The highest BCUT2D eigenvalue weighted by atomic mass is 35.5. The van der Waals surface area contributed by atoms with Crippen molar-refractivity contribution < 1.29 is 0 Å². The maximum Gasteiger partial charge on any atom is 0.176 e. The average Bonchev–Trinajstić information content (AvgIpc) is 2.99. The zero-order valence-electron chi connectivity index (χ0n) is 13.2. The first-order valence-electron chi connectivity index (χ1n) is 7.51. The molecule has 0 fully saturated rings. The van der Waals surface area contributed by atoms with E-state index in [1.54, 1.807) is 0 Å². The Hall–Kier alpha value is -2.37. The van der Waals surface area contributed by atoms with Gasteiger partial charge in [0.15, 0.2) is 10.9 Å². The third kappa shape index (κ3) is 4.57. The lowest BCUT2D eigenvalue weighted by atomic mass is 10.1. The fraction of sp³-hybridized carbons (Fsp3) is 0.111. The minimum absolute atomic E-state index is 0.484. The first-order chi connectivity index (χ1) is 11.6. The summed E-state index contributed by atoms with van der Waals surface area (Å²) in [5, 5.41) is 11.8. The van der Waals surface area contributed by atoms with Gasteiger partial charge in [-0.1, -0.05) is 41.4 Å². The van der Waals surface area contributed by atoms with Crippen molar-refractivity contribution in [2.24, 2.45) is 0 Å². The monoisotopic (exact) mass is 356 g/mol. The molecule has 0 bridgehead atoms. The highest BCUT2D eigenvalue weighted by Gasteiger charge is 2.03. The van der Waals surface area contributed by atoms with E-state index in [0.717, 1.165) is 12.2 Å². The fourth-order valence-electron chi connectivity index (χ4n) is 2.21. The molecule has 0 atom stereocenters. The van der Waals surface area contributed by atoms with Crippen molar-refractivity contribution in [3.63, 3.8) is 0 Å². The van der Waals surface area contributed by atoms with Crippen molar-refractivity contribution >= 4 is 40.4 Å². The SMILES string of the molecule is Cc1ccc(Cn2ccc(NC(=S)Nc3ccc(Cl)cc3)n2)cc1. The molecule has 0 amide bonds. The molecule has 2 aromatic carbocycles. The van der Waals surface area contributed by atoms with Crippen LogP contribution in [-0.2, 0) is 6.54 Å². The van der Waals surface area contributed by atoms with E-state index < -0.39 is 0 Å². The number of benzene rings is 2. The number of aryl methyl sites for hydroxylation is 1. The summed E-state index contributed by atoms with van der Waals surface area (Å²) in [5.74, 6) is 0.702. The molecule has 0 aliphatic carbocycles. The molecule has 1 aromatic heterocycles. The molecule has 0 saturated heterocycles. The number of halogens is 1. The molecule has 0 spiro atoms. The van der Waals surface area contributed by atoms with Crippen LogP contribution in [0.4, 0.5) is 11.5 Å². The molecule has 122 valence electrons. The number of nitrogens with zero attached hydrogens (tertiary/aromatic N) is 2. The van der Waals surface area contributed by atoms with E-state index in [1.165, 1.54) is 11.1 Å². The quantitative estimate of drug-likeness (QED) is 0.665. The molecule has 4 nitrogen and oxygen atoms in total. The Kier molecular flexibility index (Phi) is 5.13. The number of anilines is 2. The summed E-state index contributed by atoms with van der Waals surface area (Å²) in [7, 11) is 0. The van der Waals surface area contributed by atoms with Crippen LogP contribution in [0, 0.1) is 6.92 Å². The van der Waals surface area contributed by atoms with Crippen LogP contribution in [0.2, 0.25) is 5.02 Å². The molecule has 6 heteroatoms. The normalized spacial score (nSPS) is 10.4. The Bertz CT molecular complexity index is 825. The standard InChI is InChI=1S/C18H17ClN4S/c1-13-2-4-14(5-3-13)12-23-11-10-17(22-23)21-18(24)20-16-8-6-15(19)7-9-16/h2-11H,12H2,1H3,(H2,20,21,22,24). The van der Waals surface area contributed by atoms with Gasteiger partial charge in [-0.3, -0.25) is 4.68 Å². The Morgan fingerprint density at radius 1 is 1.04 bits per heavy atom. The van der Waals surface area contributed by atoms with Crippen LogP contribution in [-0.4, -0.2) is 14.9 Å². The van der Waals surface area contributed by atoms with E-state index in [-0.39, 0.29) is 0 Å². The minimum Gasteiger partial charge on any atom is -0.332 e. The zero-order chi connectivity index (χ0) is 16.9. The molecule has 2 N–H and O–H groups in total. The highest BCUT2D eigenvalue weighted by Crippen LogP contribution is 2.14. The molecule has 1 heterocycles. The zero-order valence-corrected chi connectivity index (χ0v) is 14.7. The lowest BCUT2D eigenvalue weighted by Crippen LogP contribution is -2.19. The van der Waals surface area contributed by atoms with Gasteiger partial charge in [0.05, 0.1) is 6.54 Å². The maximum absolute atomic E-state index is 5.87. The van der Waals surface area contributed by atoms with E-state index in [4.69, 9.17) is 23.8 Å². The van der Waals surface area contributed by atoms with Crippen molar-refractivity contribution in [1.82, 2.24) is 9.78 Å². The fourth-order valence-corrected chi connectivity index (χ4v) is 2.56. The van der Waals surface area contributed by atoms with Gasteiger partial charge in [0.1, 0.15) is 0 Å². The summed E-state index contributed by atoms with van der Waals surface area (Å²) in [6.45, 7) is 2.80. The van der Waals surface area contributed by atoms with Crippen LogP contribution in [0.3, 0.4) is 0 Å². The van der Waals surface area contributed by atoms with Crippen LogP contribution < -0.4 is 10.6 Å². The van der Waals surface area contributed by atoms with Crippen LogP contribution in [0.1, 0.15) is 11.1 Å². The van der Waals surface area contributed by atoms with Crippen LogP contribution in [0.15, 0.2) is 60.8 Å². The number of thiocarbonyl (C=S) groups is 1. The van der Waals surface area contributed by atoms with Crippen molar-refractivity contribution in [3.05, 3.63) is 76.9 Å². The Balaban J connectivity index is 1.58. The van der Waals surface area contributed by atoms with E-state index in [9.17, 15) is 0 Å². The van der Waals surface area contributed by atoms with Gasteiger partial charge in [-0.05, 0) is 49.0 Å². The third-order valence-electron chi connectivity index (χ3n) is 3.45. The van der Waals surface area contributed by atoms with Crippen molar-refractivity contribution in [2.45, 2.75) is 13.5 Å². The van der Waals surface area contributed by atoms with E-state index in [1.807, 2.05) is 41.2 Å². The summed E-state index contributed by atoms with van der Waals surface area (Å²) in [6.07, 6.45) is 1.92. The molecule has 0 aliphatic rings. The van der Waals surface area contributed by atoms with Gasteiger partial charge in [-0.25, -0.2) is 0 Å². The van der Waals surface area contributed by atoms with Crippen molar-refractivity contribution in [3.8, 4) is 0 Å². The summed E-state index contributed by atoms with van der Waals surface area (Å²) in [4.78, 5) is 0. The predicted octanol–water partition coefficient (Wildman–Crippen LogP) is 4.70. The third-order valence-corrected chi connectivity index (χ3v) is 3.91. The maximum atomic E-state index is 5.87. The lowest BCUT2D eigenvalue weighted by molar-refractivity contribution is 0.690. The van der Waals surface area contributed by atoms with Gasteiger partial charge in [0.25, 0.3) is 0 Å². The molecular weight excluding hydrogens is 340 g/mol. The van der Waals surface area contributed by atoms with E-state index in [0.29, 0.717) is 16.0 Å². The van der Waals surface area contributed by atoms with Crippen molar-refractivity contribution in [1.29, 1.82) is 0 Å². The largest absolute Gasteiger partial charge is 0.332 e. The second kappa shape index (κ2) is 7.47. The van der Waals surface area contributed by atoms with Gasteiger partial charge in [-0.2, -0.15) is 5.10 Å². The second-order valence-corrected chi connectivity index (χ2v) is 6.31. The first-order valence-corrected chi connectivity index (χ1v) is 8.30. The number of hydrogen-bond donors (Lipinski definition) is 2. The number of nitrogens with one attached hydrogen (secondary N) is 2. The minimum atomic E-state index is 0.484. The Morgan fingerprint density at radius 3 is 2.46 bits per heavy atom. The summed E-state index contributed by atoms with van der Waals surface area (Å²) in [5.41, 5.74) is 3.33. The van der Waals surface area contributed by atoms with Gasteiger partial charge < -0.3 is 10.6 Å². The van der Waals surface area contributed by atoms with Gasteiger partial charge in [-0.15, -0.1) is 0 Å². The average molecular weight is 357 g/mol. The molecule has 0 radical (unpaired) electrons. The molecule has 0 aliphatic heterocycles. The topological polar surface area (TPSA) is 41.9 Å². The molecule has 24 heavy (non-hydrogen) atoms. The first kappa shape index (κ1) is 16.5. The van der Waals surface area contributed by atoms with Crippen LogP contribution >= 0.6 is 23.8 Å². The summed E-state index contributed by atoms with van der Waals surface area (Å²) >= 11 is 11.2. The van der Waals surface area contributed by atoms with Gasteiger partial charge in [0, 0.05) is 23.0 Å². The summed E-state index contributed by atoms with van der Waals surface area (Å²) in [6, 6.07) is 17.7. The van der Waals surface area contributed by atoms with Gasteiger partial charge >= 0.3 is 0 Å². The number of aromatic nitrogens is 2. The lowest BCUT2D eigenvalue weighted by Gasteiger charge is -2.08. The number of hydrogen-bond acceptors (Lipinski definition) is 2. The smallest absolute Gasteiger partial charge is 0.176 e. The Morgan fingerprint density at radius 2 is 1.75 bits per heavy atom. The van der Waals surface area contributed by atoms with Crippen LogP contribution in [0.5, 0.6) is 0 Å². The predicted molar refractivity (Wildman–Crippen MR) is 104 cm³/mol. The molecule has 3 rings (SSSR count).